The number of aromatic nitrogens is 3. The van der Waals surface area contributed by atoms with Crippen LogP contribution in [0.3, 0.4) is 0 Å². The molecule has 0 aromatic carbocycles. The molecule has 3 aromatic rings. The standard InChI is InChI=1S/C22H19F3N4O3/c1-12-4-5-26-19(18(12)20-27-6-7-31-20)21(30)29-11-13-8-15(29)16(9-13)32-17-3-2-14(10-28-17)22(23,24)25/h2-7,10,13,15-16H,8-9,11H2,1H3/t13-,15+,16-/m1/s1. The lowest BCUT2D eigenvalue weighted by Gasteiger charge is -2.33. The molecule has 166 valence electrons. The van der Waals surface area contributed by atoms with Gasteiger partial charge in [-0.05, 0) is 43.4 Å². The van der Waals surface area contributed by atoms with Crippen LogP contribution in [0.1, 0.15) is 34.5 Å². The number of halogens is 3. The minimum absolute atomic E-state index is 0.108. The zero-order chi connectivity index (χ0) is 22.5. The number of nitrogens with zero attached hydrogens (tertiary/aromatic N) is 4. The van der Waals surface area contributed by atoms with E-state index in [0.29, 0.717) is 24.4 Å². The van der Waals surface area contributed by atoms with Gasteiger partial charge in [-0.25, -0.2) is 9.97 Å². The molecule has 0 unspecified atom stereocenters. The Morgan fingerprint density at radius 2 is 2.00 bits per heavy atom. The highest BCUT2D eigenvalue weighted by atomic mass is 19.4. The fourth-order valence-corrected chi connectivity index (χ4v) is 4.57. The van der Waals surface area contributed by atoms with Gasteiger partial charge in [-0.15, -0.1) is 0 Å². The first kappa shape index (κ1) is 20.5. The van der Waals surface area contributed by atoms with Crippen LogP contribution in [0.15, 0.2) is 47.5 Å². The maximum absolute atomic E-state index is 13.5. The number of rotatable bonds is 4. The fourth-order valence-electron chi connectivity index (χ4n) is 4.57. The Balaban J connectivity index is 1.37. The average molecular weight is 444 g/mol. The van der Waals surface area contributed by atoms with Gasteiger partial charge in [0.2, 0.25) is 11.8 Å². The molecule has 1 aliphatic carbocycles. The molecule has 4 heterocycles. The van der Waals surface area contributed by atoms with Crippen LogP contribution in [0.2, 0.25) is 0 Å². The van der Waals surface area contributed by atoms with Crippen LogP contribution >= 0.6 is 0 Å². The van der Waals surface area contributed by atoms with Crippen molar-refractivity contribution in [2.75, 3.05) is 6.54 Å². The molecule has 1 amide bonds. The Bertz CT molecular complexity index is 1130. The predicted molar refractivity (Wildman–Crippen MR) is 106 cm³/mol. The third-order valence-electron chi connectivity index (χ3n) is 6.03. The van der Waals surface area contributed by atoms with Crippen molar-refractivity contribution in [3.05, 3.63) is 59.9 Å². The molecule has 32 heavy (non-hydrogen) atoms. The van der Waals surface area contributed by atoms with Crippen LogP contribution in [-0.4, -0.2) is 44.4 Å². The van der Waals surface area contributed by atoms with Crippen LogP contribution in [0, 0.1) is 12.8 Å². The third kappa shape index (κ3) is 3.59. The van der Waals surface area contributed by atoms with Crippen molar-refractivity contribution in [1.82, 2.24) is 19.9 Å². The van der Waals surface area contributed by atoms with Gasteiger partial charge in [0.15, 0.2) is 0 Å². The van der Waals surface area contributed by atoms with Crippen LogP contribution < -0.4 is 4.74 Å². The number of ether oxygens (including phenoxy) is 1. The molecule has 0 N–H and O–H groups in total. The van der Waals surface area contributed by atoms with Gasteiger partial charge >= 0.3 is 6.18 Å². The highest BCUT2D eigenvalue weighted by molar-refractivity contribution is 5.99. The number of fused-ring (bicyclic) bond motifs is 2. The quantitative estimate of drug-likeness (QED) is 0.602. The molecular formula is C22H19F3N4O3. The van der Waals surface area contributed by atoms with Crippen molar-refractivity contribution in [3.63, 3.8) is 0 Å². The predicted octanol–water partition coefficient (Wildman–Crippen LogP) is 4.14. The van der Waals surface area contributed by atoms with Gasteiger partial charge in [0.1, 0.15) is 18.1 Å². The second-order valence-corrected chi connectivity index (χ2v) is 8.09. The Kier molecular flexibility index (Phi) is 4.87. The molecule has 2 aliphatic rings. The smallest absolute Gasteiger partial charge is 0.417 e. The second-order valence-electron chi connectivity index (χ2n) is 8.09. The van der Waals surface area contributed by atoms with Gasteiger partial charge in [-0.2, -0.15) is 13.2 Å². The summed E-state index contributed by atoms with van der Waals surface area (Å²) in [6, 6.07) is 3.73. The zero-order valence-corrected chi connectivity index (χ0v) is 17.0. The van der Waals surface area contributed by atoms with E-state index in [2.05, 4.69) is 15.0 Å². The summed E-state index contributed by atoms with van der Waals surface area (Å²) in [4.78, 5) is 27.5. The topological polar surface area (TPSA) is 81.4 Å². The second kappa shape index (κ2) is 7.61. The van der Waals surface area contributed by atoms with Crippen LogP contribution in [0.4, 0.5) is 13.2 Å². The summed E-state index contributed by atoms with van der Waals surface area (Å²) >= 11 is 0. The maximum atomic E-state index is 13.5. The number of hydrogen-bond donors (Lipinski definition) is 0. The Morgan fingerprint density at radius 3 is 2.66 bits per heavy atom. The Labute approximate surface area is 181 Å². The summed E-state index contributed by atoms with van der Waals surface area (Å²) in [5, 5.41) is 0. The van der Waals surface area contributed by atoms with Gasteiger partial charge in [-0.3, -0.25) is 9.78 Å². The van der Waals surface area contributed by atoms with Crippen molar-refractivity contribution in [3.8, 4) is 17.3 Å². The largest absolute Gasteiger partial charge is 0.472 e. The number of piperidine rings is 1. The van der Waals surface area contributed by atoms with Gasteiger partial charge in [0.25, 0.3) is 5.91 Å². The van der Waals surface area contributed by atoms with E-state index in [-0.39, 0.29) is 35.5 Å². The van der Waals surface area contributed by atoms with Crippen molar-refractivity contribution in [2.24, 2.45) is 5.92 Å². The van der Waals surface area contributed by atoms with Crippen molar-refractivity contribution in [1.29, 1.82) is 0 Å². The van der Waals surface area contributed by atoms with Crippen LogP contribution in [0.5, 0.6) is 5.88 Å². The first-order valence-corrected chi connectivity index (χ1v) is 10.2. The molecule has 3 atom stereocenters. The molecule has 2 fully saturated rings. The molecule has 7 nitrogen and oxygen atoms in total. The number of oxazole rings is 1. The molecule has 10 heteroatoms. The first-order valence-electron chi connectivity index (χ1n) is 10.2. The molecule has 1 saturated heterocycles. The number of pyridine rings is 2. The number of hydrogen-bond acceptors (Lipinski definition) is 6. The molecule has 3 aromatic heterocycles. The molecular weight excluding hydrogens is 425 g/mol. The summed E-state index contributed by atoms with van der Waals surface area (Å²) in [6.07, 6.45) is 1.94. The highest BCUT2D eigenvalue weighted by Gasteiger charge is 2.49. The monoisotopic (exact) mass is 444 g/mol. The highest BCUT2D eigenvalue weighted by Crippen LogP contribution is 2.41. The van der Waals surface area contributed by atoms with Gasteiger partial charge < -0.3 is 14.1 Å². The maximum Gasteiger partial charge on any atom is 0.417 e. The van der Waals surface area contributed by atoms with Gasteiger partial charge in [-0.1, -0.05) is 0 Å². The number of carbonyl (C=O) groups excluding carboxylic acids is 1. The van der Waals surface area contributed by atoms with E-state index < -0.39 is 11.7 Å². The Morgan fingerprint density at radius 1 is 1.16 bits per heavy atom. The average Bonchev–Trinajstić information content (AvgIpc) is 3.50. The van der Waals surface area contributed by atoms with E-state index in [1.54, 1.807) is 17.2 Å². The van der Waals surface area contributed by atoms with Crippen molar-refractivity contribution in [2.45, 2.75) is 38.1 Å². The normalized spacial score (nSPS) is 22.4. The molecule has 0 spiro atoms. The van der Waals surface area contributed by atoms with Crippen molar-refractivity contribution < 1.29 is 27.1 Å². The number of alkyl halides is 3. The zero-order valence-electron chi connectivity index (χ0n) is 17.0. The van der Waals surface area contributed by atoms with E-state index in [1.165, 1.54) is 18.5 Å². The van der Waals surface area contributed by atoms with E-state index in [1.807, 2.05) is 6.92 Å². The SMILES string of the molecule is Cc1ccnc(C(=O)N2C[C@H]3C[C@@H](Oc4ccc(C(F)(F)F)cn4)[C@@H]2C3)c1-c1ncco1. The fraction of sp³-hybridized carbons (Fsp3) is 0.364. The van der Waals surface area contributed by atoms with Gasteiger partial charge in [0.05, 0.1) is 23.4 Å². The first-order chi connectivity index (χ1) is 15.3. The molecule has 1 aliphatic heterocycles. The van der Waals surface area contributed by atoms with Crippen LogP contribution in [0.25, 0.3) is 11.5 Å². The lowest BCUT2D eigenvalue weighted by atomic mass is 10.0. The number of likely N-dealkylation sites (tertiary alicyclic amines) is 1. The molecule has 0 radical (unpaired) electrons. The van der Waals surface area contributed by atoms with E-state index in [9.17, 15) is 18.0 Å². The lowest BCUT2D eigenvalue weighted by molar-refractivity contribution is -0.137. The van der Waals surface area contributed by atoms with E-state index in [0.717, 1.165) is 24.2 Å². The summed E-state index contributed by atoms with van der Waals surface area (Å²) in [5.41, 5.74) is 0.787. The summed E-state index contributed by atoms with van der Waals surface area (Å²) < 4.78 is 49.6. The lowest BCUT2D eigenvalue weighted by Crippen LogP contribution is -2.47. The minimum atomic E-state index is -4.46. The minimum Gasteiger partial charge on any atom is -0.472 e. The van der Waals surface area contributed by atoms with Crippen molar-refractivity contribution >= 4 is 5.91 Å². The number of carbonyl (C=O) groups is 1. The summed E-state index contributed by atoms with van der Waals surface area (Å²) in [7, 11) is 0. The summed E-state index contributed by atoms with van der Waals surface area (Å²) in [6.45, 7) is 2.43. The van der Waals surface area contributed by atoms with E-state index in [4.69, 9.17) is 9.15 Å². The number of aryl methyl sites for hydroxylation is 1. The third-order valence-corrected chi connectivity index (χ3v) is 6.03. The molecule has 2 bridgehead atoms. The van der Waals surface area contributed by atoms with E-state index >= 15 is 0 Å². The van der Waals surface area contributed by atoms with Crippen LogP contribution in [-0.2, 0) is 6.18 Å². The molecule has 5 rings (SSSR count). The summed E-state index contributed by atoms with van der Waals surface area (Å²) in [5.74, 6) is 0.434. The molecule has 1 saturated carbocycles. The van der Waals surface area contributed by atoms with Gasteiger partial charge in [0, 0.05) is 25.0 Å². The number of amides is 1. The Hall–Kier alpha value is -3.43.